The third kappa shape index (κ3) is 8.64. The van der Waals surface area contributed by atoms with Gasteiger partial charge in [-0.05, 0) is 43.9 Å². The molecule has 1 fully saturated rings. The van der Waals surface area contributed by atoms with Crippen molar-refractivity contribution in [3.63, 3.8) is 0 Å². The fourth-order valence-electron chi connectivity index (χ4n) is 3.29. The van der Waals surface area contributed by atoms with Crippen LogP contribution < -0.4 is 10.2 Å². The van der Waals surface area contributed by atoms with Gasteiger partial charge in [-0.3, -0.25) is 0 Å². The number of methoxy groups -OCH3 is 1. The number of rotatable bonds is 9. The smallest absolute Gasteiger partial charge is 0.194 e. The Balaban J connectivity index is 0.00000420. The highest BCUT2D eigenvalue weighted by atomic mass is 127. The summed E-state index contributed by atoms with van der Waals surface area (Å²) >= 11 is 0. The number of aliphatic imine (C=N–C) groups is 1. The lowest BCUT2D eigenvalue weighted by atomic mass is 10.1. The lowest BCUT2D eigenvalue weighted by molar-refractivity contribution is 0.00990. The Hall–Kier alpha value is -1.13. The zero-order valence-electron chi connectivity index (χ0n) is 18.1. The molecule has 29 heavy (non-hydrogen) atoms. The molecule has 1 aromatic carbocycles. The number of piperidine rings is 1. The molecule has 1 N–H and O–H groups in total. The van der Waals surface area contributed by atoms with Gasteiger partial charge in [0, 0.05) is 54.1 Å². The van der Waals surface area contributed by atoms with E-state index in [1.54, 1.807) is 24.1 Å². The van der Waals surface area contributed by atoms with Crippen molar-refractivity contribution in [2.45, 2.75) is 38.8 Å². The summed E-state index contributed by atoms with van der Waals surface area (Å²) in [4.78, 5) is 8.77. The van der Waals surface area contributed by atoms with Crippen LogP contribution in [0.5, 0.6) is 0 Å². The van der Waals surface area contributed by atoms with Crippen molar-refractivity contribution in [3.05, 3.63) is 29.6 Å². The second kappa shape index (κ2) is 14.0. The average molecular weight is 522 g/mol. The summed E-state index contributed by atoms with van der Waals surface area (Å²) in [5, 5.41) is 3.36. The second-order valence-electron chi connectivity index (χ2n) is 7.25. The predicted molar refractivity (Wildman–Crippen MR) is 128 cm³/mol. The quantitative estimate of drug-likeness (QED) is 0.233. The normalized spacial score (nSPS) is 15.2. The average Bonchev–Trinajstić information content (AvgIpc) is 2.69. The van der Waals surface area contributed by atoms with Gasteiger partial charge in [-0.25, -0.2) is 9.38 Å². The van der Waals surface area contributed by atoms with E-state index in [1.807, 2.05) is 20.2 Å². The van der Waals surface area contributed by atoms with Crippen LogP contribution in [0.4, 0.5) is 10.1 Å². The van der Waals surface area contributed by atoms with Crippen LogP contribution in [0.15, 0.2) is 23.2 Å². The molecule has 0 unspecified atom stereocenters. The molecular formula is C21H36FIN4O2. The van der Waals surface area contributed by atoms with E-state index in [9.17, 15) is 4.39 Å². The summed E-state index contributed by atoms with van der Waals surface area (Å²) in [6.07, 6.45) is 3.22. The Morgan fingerprint density at radius 3 is 2.59 bits per heavy atom. The summed E-state index contributed by atoms with van der Waals surface area (Å²) in [5.74, 6) is 0.673. The van der Waals surface area contributed by atoms with E-state index in [0.29, 0.717) is 18.3 Å². The molecule has 0 radical (unpaired) electrons. The van der Waals surface area contributed by atoms with E-state index in [-0.39, 0.29) is 29.8 Å². The molecule has 0 amide bonds. The van der Waals surface area contributed by atoms with Crippen molar-refractivity contribution < 1.29 is 13.9 Å². The van der Waals surface area contributed by atoms with Gasteiger partial charge in [0.05, 0.1) is 18.3 Å². The largest absolute Gasteiger partial charge is 0.385 e. The van der Waals surface area contributed by atoms with Crippen molar-refractivity contribution in [1.82, 2.24) is 10.2 Å². The highest BCUT2D eigenvalue weighted by molar-refractivity contribution is 14.0. The molecule has 1 heterocycles. The number of nitrogens with zero attached hydrogens (tertiary/aromatic N) is 3. The number of benzene rings is 1. The molecule has 1 aliphatic heterocycles. The number of nitrogens with one attached hydrogen (secondary N) is 1. The first-order valence-corrected chi connectivity index (χ1v) is 10.1. The molecule has 1 saturated heterocycles. The first-order chi connectivity index (χ1) is 13.5. The molecule has 166 valence electrons. The molecule has 1 aliphatic rings. The topological polar surface area (TPSA) is 49.3 Å². The van der Waals surface area contributed by atoms with Crippen LogP contribution in [-0.2, 0) is 16.0 Å². The Labute approximate surface area is 191 Å². The molecule has 8 heteroatoms. The van der Waals surface area contributed by atoms with E-state index >= 15 is 0 Å². The Bertz CT molecular complexity index is 623. The van der Waals surface area contributed by atoms with Crippen molar-refractivity contribution in [2.24, 2.45) is 4.99 Å². The fourth-order valence-corrected chi connectivity index (χ4v) is 3.29. The van der Waals surface area contributed by atoms with Gasteiger partial charge >= 0.3 is 0 Å². The number of anilines is 1. The van der Waals surface area contributed by atoms with Gasteiger partial charge in [-0.2, -0.15) is 0 Å². The number of ether oxygens (including phenoxy) is 2. The molecule has 0 aromatic heterocycles. The fraction of sp³-hybridized carbons (Fsp3) is 0.667. The molecule has 0 aliphatic carbocycles. The van der Waals surface area contributed by atoms with Crippen molar-refractivity contribution in [1.29, 1.82) is 0 Å². The lowest BCUT2D eigenvalue weighted by Gasteiger charge is -2.34. The Morgan fingerprint density at radius 1 is 1.28 bits per heavy atom. The van der Waals surface area contributed by atoms with Crippen molar-refractivity contribution in [3.8, 4) is 0 Å². The van der Waals surface area contributed by atoms with Crippen molar-refractivity contribution >= 4 is 35.6 Å². The molecule has 0 spiro atoms. The number of hydrogen-bond donors (Lipinski definition) is 1. The van der Waals surface area contributed by atoms with Gasteiger partial charge in [0.25, 0.3) is 0 Å². The van der Waals surface area contributed by atoms with Crippen LogP contribution in [0.3, 0.4) is 0 Å². The monoisotopic (exact) mass is 522 g/mol. The zero-order chi connectivity index (χ0) is 20.4. The standard InChI is InChI=1S/C21H35FN4O2.HI/c1-5-23-21(24-16-17-7-8-20(25(2)3)19(22)15-17)26-11-9-18(10-12-26)28-14-6-13-27-4;/h7-8,15,18H,5-6,9-14,16H2,1-4H3,(H,23,24);1H. The van der Waals surface area contributed by atoms with Crippen LogP contribution in [0, 0.1) is 5.82 Å². The molecule has 0 saturated carbocycles. The van der Waals surface area contributed by atoms with E-state index in [4.69, 9.17) is 14.5 Å². The van der Waals surface area contributed by atoms with Crippen molar-refractivity contribution in [2.75, 3.05) is 59.0 Å². The number of hydrogen-bond acceptors (Lipinski definition) is 4. The predicted octanol–water partition coefficient (Wildman–Crippen LogP) is 3.49. The molecule has 1 aromatic rings. The third-order valence-electron chi connectivity index (χ3n) is 4.83. The molecular weight excluding hydrogens is 486 g/mol. The Morgan fingerprint density at radius 2 is 2.00 bits per heavy atom. The minimum absolute atomic E-state index is 0. The number of guanidine groups is 1. The first kappa shape index (κ1) is 25.9. The van der Waals surface area contributed by atoms with Gasteiger partial charge in [0.15, 0.2) is 5.96 Å². The minimum Gasteiger partial charge on any atom is -0.385 e. The number of likely N-dealkylation sites (tertiary alicyclic amines) is 1. The highest BCUT2D eigenvalue weighted by Crippen LogP contribution is 2.19. The van der Waals surface area contributed by atoms with Gasteiger partial charge in [0.2, 0.25) is 0 Å². The summed E-state index contributed by atoms with van der Waals surface area (Å²) in [5.41, 5.74) is 1.46. The molecule has 2 rings (SSSR count). The van der Waals surface area contributed by atoms with Gasteiger partial charge in [-0.15, -0.1) is 24.0 Å². The summed E-state index contributed by atoms with van der Waals surface area (Å²) in [6.45, 7) is 6.64. The highest BCUT2D eigenvalue weighted by Gasteiger charge is 2.21. The van der Waals surface area contributed by atoms with Crippen LogP contribution >= 0.6 is 24.0 Å². The maximum Gasteiger partial charge on any atom is 0.194 e. The summed E-state index contributed by atoms with van der Waals surface area (Å²) in [6, 6.07) is 5.31. The van der Waals surface area contributed by atoms with E-state index in [2.05, 4.69) is 17.1 Å². The van der Waals surface area contributed by atoms with Gasteiger partial charge < -0.3 is 24.6 Å². The third-order valence-corrected chi connectivity index (χ3v) is 4.83. The SMILES string of the molecule is CCNC(=NCc1ccc(N(C)C)c(F)c1)N1CCC(OCCCOC)CC1.I. The summed E-state index contributed by atoms with van der Waals surface area (Å²) in [7, 11) is 5.39. The maximum atomic E-state index is 14.2. The number of halogens is 2. The molecule has 0 bridgehead atoms. The molecule has 6 nitrogen and oxygen atoms in total. The van der Waals surface area contributed by atoms with Crippen LogP contribution in [0.1, 0.15) is 31.7 Å². The summed E-state index contributed by atoms with van der Waals surface area (Å²) < 4.78 is 25.2. The lowest BCUT2D eigenvalue weighted by Crippen LogP contribution is -2.47. The second-order valence-corrected chi connectivity index (χ2v) is 7.25. The maximum absolute atomic E-state index is 14.2. The van der Waals surface area contributed by atoms with E-state index < -0.39 is 0 Å². The zero-order valence-corrected chi connectivity index (χ0v) is 20.4. The molecule has 0 atom stereocenters. The first-order valence-electron chi connectivity index (χ1n) is 10.1. The van der Waals surface area contributed by atoms with E-state index in [1.165, 1.54) is 0 Å². The van der Waals surface area contributed by atoms with Crippen LogP contribution in [0.2, 0.25) is 0 Å². The Kier molecular flexibility index (Phi) is 12.5. The van der Waals surface area contributed by atoms with E-state index in [0.717, 1.165) is 63.6 Å². The van der Waals surface area contributed by atoms with Gasteiger partial charge in [0.1, 0.15) is 5.82 Å². The van der Waals surface area contributed by atoms with Crippen LogP contribution in [-0.4, -0.2) is 71.0 Å². The minimum atomic E-state index is -0.214. The van der Waals surface area contributed by atoms with Gasteiger partial charge in [-0.1, -0.05) is 6.07 Å². The van der Waals surface area contributed by atoms with Crippen LogP contribution in [0.25, 0.3) is 0 Å².